The van der Waals surface area contributed by atoms with Crippen molar-refractivity contribution in [1.29, 1.82) is 0 Å². The van der Waals surface area contributed by atoms with Gasteiger partial charge in [0.05, 0.1) is 5.92 Å². The predicted octanol–water partition coefficient (Wildman–Crippen LogP) is 3.16. The maximum atomic E-state index is 12.7. The third-order valence-corrected chi connectivity index (χ3v) is 4.01. The van der Waals surface area contributed by atoms with Gasteiger partial charge in [-0.2, -0.15) is 0 Å². The summed E-state index contributed by atoms with van der Waals surface area (Å²) in [6, 6.07) is 16.4. The molecule has 2 aromatic rings. The number of carbonyl (C=O) groups excluding carboxylic acids is 1. The van der Waals surface area contributed by atoms with Crippen molar-refractivity contribution in [3.05, 3.63) is 65.2 Å². The Morgan fingerprint density at radius 3 is 2.86 bits per heavy atom. The Kier molecular flexibility index (Phi) is 3.65. The molecular weight excluding hydrogens is 260 g/mol. The number of aryl methyl sites for hydroxylation is 1. The van der Waals surface area contributed by atoms with Gasteiger partial charge in [-0.1, -0.05) is 48.0 Å². The minimum absolute atomic E-state index is 0.0731. The molecule has 1 aliphatic heterocycles. The molecule has 1 aliphatic rings. The van der Waals surface area contributed by atoms with Crippen molar-refractivity contribution in [3.63, 3.8) is 0 Å². The Morgan fingerprint density at radius 2 is 2.05 bits per heavy atom. The molecule has 1 N–H and O–H groups in total. The summed E-state index contributed by atoms with van der Waals surface area (Å²) < 4.78 is 0. The molecule has 0 spiro atoms. The molecule has 0 aromatic heterocycles. The van der Waals surface area contributed by atoms with Gasteiger partial charge in [-0.25, -0.2) is 0 Å². The van der Waals surface area contributed by atoms with E-state index in [0.717, 1.165) is 11.3 Å². The van der Waals surface area contributed by atoms with Crippen LogP contribution in [-0.2, 0) is 11.3 Å². The van der Waals surface area contributed by atoms with Crippen molar-refractivity contribution >= 4 is 11.6 Å². The van der Waals surface area contributed by atoms with E-state index in [4.69, 9.17) is 0 Å². The second-order valence-corrected chi connectivity index (χ2v) is 5.70. The lowest BCUT2D eigenvalue weighted by Gasteiger charge is -2.21. The van der Waals surface area contributed by atoms with E-state index < -0.39 is 0 Å². The quantitative estimate of drug-likeness (QED) is 0.936. The number of nitrogens with zero attached hydrogens (tertiary/aromatic N) is 1. The molecule has 0 saturated heterocycles. The molecule has 2 aromatic carbocycles. The van der Waals surface area contributed by atoms with E-state index in [9.17, 15) is 4.79 Å². The van der Waals surface area contributed by atoms with Crippen molar-refractivity contribution < 1.29 is 4.79 Å². The van der Waals surface area contributed by atoms with E-state index >= 15 is 0 Å². The minimum atomic E-state index is -0.0731. The van der Waals surface area contributed by atoms with Crippen molar-refractivity contribution in [2.24, 2.45) is 0 Å². The first-order valence-electron chi connectivity index (χ1n) is 7.28. The van der Waals surface area contributed by atoms with Crippen LogP contribution in [0.3, 0.4) is 0 Å². The summed E-state index contributed by atoms with van der Waals surface area (Å²) in [5, 5.41) is 3.31. The van der Waals surface area contributed by atoms with Crippen molar-refractivity contribution in [1.82, 2.24) is 4.90 Å². The van der Waals surface area contributed by atoms with Gasteiger partial charge in [0.15, 0.2) is 0 Å². The summed E-state index contributed by atoms with van der Waals surface area (Å²) in [5.41, 5.74) is 4.59. The van der Waals surface area contributed by atoms with Crippen LogP contribution in [0.15, 0.2) is 48.5 Å². The van der Waals surface area contributed by atoms with Gasteiger partial charge in [0.2, 0.25) is 5.91 Å². The Hall–Kier alpha value is -2.29. The Morgan fingerprint density at radius 1 is 1.24 bits per heavy atom. The summed E-state index contributed by atoms with van der Waals surface area (Å²) >= 11 is 0. The van der Waals surface area contributed by atoms with Gasteiger partial charge in [-0.05, 0) is 24.1 Å². The molecule has 108 valence electrons. The zero-order valence-electron chi connectivity index (χ0n) is 12.5. The van der Waals surface area contributed by atoms with E-state index in [1.165, 1.54) is 11.1 Å². The second kappa shape index (κ2) is 5.60. The van der Waals surface area contributed by atoms with Gasteiger partial charge in [-0.3, -0.25) is 4.79 Å². The lowest BCUT2D eigenvalue weighted by atomic mass is 10.00. The molecule has 0 fully saturated rings. The fraction of sp³-hybridized carbons (Fsp3) is 0.278. The van der Waals surface area contributed by atoms with Crippen LogP contribution in [0.4, 0.5) is 5.69 Å². The van der Waals surface area contributed by atoms with Gasteiger partial charge in [0, 0.05) is 25.8 Å². The highest BCUT2D eigenvalue weighted by atomic mass is 16.2. The minimum Gasteiger partial charge on any atom is -0.384 e. The molecule has 1 unspecified atom stereocenters. The summed E-state index contributed by atoms with van der Waals surface area (Å²) in [7, 11) is 1.88. The molecule has 0 saturated carbocycles. The first-order valence-corrected chi connectivity index (χ1v) is 7.28. The summed E-state index contributed by atoms with van der Waals surface area (Å²) in [6.45, 7) is 3.41. The summed E-state index contributed by atoms with van der Waals surface area (Å²) in [5.74, 6) is 0.102. The Labute approximate surface area is 125 Å². The van der Waals surface area contributed by atoms with Gasteiger partial charge >= 0.3 is 0 Å². The number of benzene rings is 2. The first kappa shape index (κ1) is 13.7. The fourth-order valence-corrected chi connectivity index (χ4v) is 2.93. The molecule has 3 rings (SSSR count). The number of fused-ring (bicyclic) bond motifs is 1. The largest absolute Gasteiger partial charge is 0.384 e. The topological polar surface area (TPSA) is 32.3 Å². The average Bonchev–Trinajstić information content (AvgIpc) is 2.90. The number of hydrogen-bond donors (Lipinski definition) is 1. The normalized spacial score (nSPS) is 16.2. The third kappa shape index (κ3) is 2.77. The molecule has 1 amide bonds. The third-order valence-electron chi connectivity index (χ3n) is 4.01. The van der Waals surface area contributed by atoms with Crippen LogP contribution >= 0.6 is 0 Å². The zero-order chi connectivity index (χ0) is 14.8. The zero-order valence-corrected chi connectivity index (χ0v) is 12.5. The van der Waals surface area contributed by atoms with Crippen LogP contribution in [-0.4, -0.2) is 24.4 Å². The van der Waals surface area contributed by atoms with E-state index in [0.29, 0.717) is 13.1 Å². The number of rotatable bonds is 3. The van der Waals surface area contributed by atoms with E-state index in [1.54, 1.807) is 0 Å². The molecule has 3 heteroatoms. The number of likely N-dealkylation sites (N-methyl/N-ethyl adjacent to an activating group) is 1. The molecular formula is C18H20N2O. The maximum absolute atomic E-state index is 12.7. The van der Waals surface area contributed by atoms with Crippen molar-refractivity contribution in [2.45, 2.75) is 19.4 Å². The highest BCUT2D eigenvalue weighted by Crippen LogP contribution is 2.32. The maximum Gasteiger partial charge on any atom is 0.232 e. The van der Waals surface area contributed by atoms with Crippen LogP contribution in [0.5, 0.6) is 0 Å². The molecule has 0 radical (unpaired) electrons. The Bertz CT molecular complexity index is 666. The number of hydrogen-bond acceptors (Lipinski definition) is 2. The molecule has 1 atom stereocenters. The lowest BCUT2D eigenvalue weighted by Crippen LogP contribution is -2.32. The smallest absolute Gasteiger partial charge is 0.232 e. The molecule has 1 heterocycles. The first-order chi connectivity index (χ1) is 10.1. The standard InChI is InChI=1S/C18H20N2O/c1-13-6-5-7-14(10-13)12-20(2)18(21)16-11-19-17-9-4-3-8-15(16)17/h3-10,16,19H,11-12H2,1-2H3. The highest BCUT2D eigenvalue weighted by Gasteiger charge is 2.30. The monoisotopic (exact) mass is 280 g/mol. The number of para-hydroxylation sites is 1. The van der Waals surface area contributed by atoms with Gasteiger partial charge in [0.25, 0.3) is 0 Å². The number of carbonyl (C=O) groups is 1. The predicted molar refractivity (Wildman–Crippen MR) is 85.3 cm³/mol. The van der Waals surface area contributed by atoms with Gasteiger partial charge in [-0.15, -0.1) is 0 Å². The summed E-state index contributed by atoms with van der Waals surface area (Å²) in [6.07, 6.45) is 0. The fourth-order valence-electron chi connectivity index (χ4n) is 2.93. The molecule has 3 nitrogen and oxygen atoms in total. The van der Waals surface area contributed by atoms with Crippen molar-refractivity contribution in [2.75, 3.05) is 18.9 Å². The molecule has 0 aliphatic carbocycles. The van der Waals surface area contributed by atoms with E-state index in [1.807, 2.05) is 42.3 Å². The SMILES string of the molecule is Cc1cccc(CN(C)C(=O)C2CNc3ccccc32)c1. The summed E-state index contributed by atoms with van der Waals surface area (Å²) in [4.78, 5) is 14.5. The van der Waals surface area contributed by atoms with Gasteiger partial charge in [0.1, 0.15) is 0 Å². The van der Waals surface area contributed by atoms with Crippen molar-refractivity contribution in [3.8, 4) is 0 Å². The number of nitrogens with one attached hydrogen (secondary N) is 1. The number of anilines is 1. The van der Waals surface area contributed by atoms with Crippen LogP contribution in [0.2, 0.25) is 0 Å². The average molecular weight is 280 g/mol. The highest BCUT2D eigenvalue weighted by molar-refractivity contribution is 5.88. The van der Waals surface area contributed by atoms with Gasteiger partial charge < -0.3 is 10.2 Å². The lowest BCUT2D eigenvalue weighted by molar-refractivity contribution is -0.131. The number of amides is 1. The van der Waals surface area contributed by atoms with E-state index in [2.05, 4.69) is 30.4 Å². The van der Waals surface area contributed by atoms with Crippen LogP contribution < -0.4 is 5.32 Å². The molecule has 21 heavy (non-hydrogen) atoms. The van der Waals surface area contributed by atoms with Crippen LogP contribution in [0.25, 0.3) is 0 Å². The molecule has 0 bridgehead atoms. The van der Waals surface area contributed by atoms with E-state index in [-0.39, 0.29) is 11.8 Å². The van der Waals surface area contributed by atoms with Crippen LogP contribution in [0, 0.1) is 6.92 Å². The van der Waals surface area contributed by atoms with Crippen LogP contribution in [0.1, 0.15) is 22.6 Å². The second-order valence-electron chi connectivity index (χ2n) is 5.70. The Balaban J connectivity index is 1.74.